The number of unbranched alkanes of at least 4 members (excludes halogenated alkanes) is 1. The van der Waals surface area contributed by atoms with Gasteiger partial charge in [0.05, 0.1) is 6.04 Å². The predicted molar refractivity (Wildman–Crippen MR) is 83.3 cm³/mol. The fourth-order valence-electron chi connectivity index (χ4n) is 2.16. The molecule has 0 aliphatic rings. The van der Waals surface area contributed by atoms with E-state index in [9.17, 15) is 14.7 Å². The van der Waals surface area contributed by atoms with E-state index in [4.69, 9.17) is 5.73 Å². The summed E-state index contributed by atoms with van der Waals surface area (Å²) in [6.45, 7) is 3.88. The summed E-state index contributed by atoms with van der Waals surface area (Å²) in [5.41, 5.74) is 6.75. The Bertz CT molecular complexity index is 471. The van der Waals surface area contributed by atoms with Crippen molar-refractivity contribution in [2.24, 2.45) is 0 Å². The second-order valence-corrected chi connectivity index (χ2v) is 5.15. The quantitative estimate of drug-likeness (QED) is 0.480. The van der Waals surface area contributed by atoms with Gasteiger partial charge >= 0.3 is 5.97 Å². The second kappa shape index (κ2) is 8.42. The van der Waals surface area contributed by atoms with Gasteiger partial charge < -0.3 is 10.8 Å². The number of nitrogens with one attached hydrogen (secondary N) is 1. The van der Waals surface area contributed by atoms with E-state index >= 15 is 0 Å². The maximum Gasteiger partial charge on any atom is 0.320 e. The van der Waals surface area contributed by atoms with Crippen LogP contribution in [0.3, 0.4) is 0 Å². The molecule has 0 aliphatic carbocycles. The van der Waals surface area contributed by atoms with Gasteiger partial charge in [-0.25, -0.2) is 0 Å². The fraction of sp³-hybridized carbons (Fsp3) is 0.500. The van der Waals surface area contributed by atoms with E-state index in [0.717, 1.165) is 12.8 Å². The Morgan fingerprint density at radius 2 is 1.81 bits per heavy atom. The molecule has 0 amide bonds. The number of anilines is 1. The molecule has 1 aromatic rings. The fourth-order valence-corrected chi connectivity index (χ4v) is 2.16. The van der Waals surface area contributed by atoms with Crippen LogP contribution in [0.4, 0.5) is 5.69 Å². The first-order valence-electron chi connectivity index (χ1n) is 7.38. The minimum absolute atomic E-state index is 0.0970. The van der Waals surface area contributed by atoms with Crippen molar-refractivity contribution in [3.05, 3.63) is 29.8 Å². The lowest BCUT2D eigenvalue weighted by Gasteiger charge is -2.21. The zero-order chi connectivity index (χ0) is 15.8. The number of nitrogen functional groups attached to an aromatic ring is 1. The molecule has 0 aromatic heterocycles. The Labute approximate surface area is 125 Å². The van der Waals surface area contributed by atoms with Crippen LogP contribution in [0.2, 0.25) is 0 Å². The average Bonchev–Trinajstić information content (AvgIpc) is 2.47. The predicted octanol–water partition coefficient (Wildman–Crippen LogP) is 2.46. The van der Waals surface area contributed by atoms with Crippen molar-refractivity contribution < 1.29 is 14.7 Å². The maximum atomic E-state index is 12.4. The molecule has 0 saturated heterocycles. The molecular formula is C16H24N2O3. The third-order valence-electron chi connectivity index (χ3n) is 3.47. The molecule has 116 valence electrons. The third-order valence-corrected chi connectivity index (χ3v) is 3.47. The van der Waals surface area contributed by atoms with E-state index in [1.807, 2.05) is 13.8 Å². The summed E-state index contributed by atoms with van der Waals surface area (Å²) in [5.74, 6) is -1.01. The molecule has 1 aromatic carbocycles. The maximum absolute atomic E-state index is 12.4. The van der Waals surface area contributed by atoms with Crippen molar-refractivity contribution in [1.29, 1.82) is 0 Å². The Balaban J connectivity index is 2.78. The summed E-state index contributed by atoms with van der Waals surface area (Å²) >= 11 is 0. The molecule has 0 spiro atoms. The largest absolute Gasteiger partial charge is 0.480 e. The Hall–Kier alpha value is -1.88. The van der Waals surface area contributed by atoms with E-state index in [0.29, 0.717) is 24.1 Å². The number of hydrogen-bond acceptors (Lipinski definition) is 4. The normalized spacial score (nSPS) is 13.6. The molecule has 1 rings (SSSR count). The molecular weight excluding hydrogens is 268 g/mol. The molecule has 0 radical (unpaired) electrons. The van der Waals surface area contributed by atoms with Gasteiger partial charge in [0, 0.05) is 11.3 Å². The number of carboxylic acid groups (broad SMARTS) is 1. The topological polar surface area (TPSA) is 92.4 Å². The first kappa shape index (κ1) is 17.2. The first-order chi connectivity index (χ1) is 9.99. The number of hydrogen-bond donors (Lipinski definition) is 3. The van der Waals surface area contributed by atoms with E-state index in [2.05, 4.69) is 5.32 Å². The van der Waals surface area contributed by atoms with Crippen molar-refractivity contribution in [2.45, 2.75) is 51.6 Å². The molecule has 5 heteroatoms. The van der Waals surface area contributed by atoms with Crippen LogP contribution in [0.15, 0.2) is 24.3 Å². The molecule has 21 heavy (non-hydrogen) atoms. The molecule has 0 fully saturated rings. The molecule has 0 saturated carbocycles. The smallest absolute Gasteiger partial charge is 0.320 e. The molecule has 2 unspecified atom stereocenters. The molecule has 0 aliphatic heterocycles. The lowest BCUT2D eigenvalue weighted by molar-refractivity contribution is -0.139. The third kappa shape index (κ3) is 5.19. The van der Waals surface area contributed by atoms with Crippen LogP contribution < -0.4 is 11.1 Å². The van der Waals surface area contributed by atoms with Crippen molar-refractivity contribution in [3.63, 3.8) is 0 Å². The van der Waals surface area contributed by atoms with Crippen molar-refractivity contribution in [1.82, 2.24) is 5.32 Å². The van der Waals surface area contributed by atoms with E-state index in [1.54, 1.807) is 24.3 Å². The van der Waals surface area contributed by atoms with Gasteiger partial charge in [-0.3, -0.25) is 14.9 Å². The second-order valence-electron chi connectivity index (χ2n) is 5.15. The minimum Gasteiger partial charge on any atom is -0.480 e. The highest BCUT2D eigenvalue weighted by molar-refractivity contribution is 6.00. The van der Waals surface area contributed by atoms with Gasteiger partial charge in [-0.2, -0.15) is 0 Å². The zero-order valence-corrected chi connectivity index (χ0v) is 12.6. The SMILES string of the molecule is CCCCC(NC(CC)C(=O)c1ccc(N)cc1)C(=O)O. The van der Waals surface area contributed by atoms with Crippen LogP contribution in [0.1, 0.15) is 49.9 Å². The number of aliphatic carboxylic acids is 1. The number of rotatable bonds is 9. The lowest BCUT2D eigenvalue weighted by Crippen LogP contribution is -2.46. The highest BCUT2D eigenvalue weighted by atomic mass is 16.4. The minimum atomic E-state index is -0.910. The van der Waals surface area contributed by atoms with Gasteiger partial charge in [0.25, 0.3) is 0 Å². The van der Waals surface area contributed by atoms with E-state index in [1.165, 1.54) is 0 Å². The highest BCUT2D eigenvalue weighted by Crippen LogP contribution is 2.11. The Morgan fingerprint density at radius 1 is 1.19 bits per heavy atom. The van der Waals surface area contributed by atoms with Crippen molar-refractivity contribution in [2.75, 3.05) is 5.73 Å². The van der Waals surface area contributed by atoms with Crippen LogP contribution in [0, 0.1) is 0 Å². The van der Waals surface area contributed by atoms with Crippen LogP contribution in [0.5, 0.6) is 0 Å². The number of nitrogens with two attached hydrogens (primary N) is 1. The van der Waals surface area contributed by atoms with Crippen LogP contribution in [0.25, 0.3) is 0 Å². The first-order valence-corrected chi connectivity index (χ1v) is 7.38. The van der Waals surface area contributed by atoms with E-state index in [-0.39, 0.29) is 5.78 Å². The number of ketones is 1. The monoisotopic (exact) mass is 292 g/mol. The molecule has 4 N–H and O–H groups in total. The van der Waals surface area contributed by atoms with Crippen molar-refractivity contribution in [3.8, 4) is 0 Å². The average molecular weight is 292 g/mol. The van der Waals surface area contributed by atoms with Gasteiger partial charge in [-0.1, -0.05) is 26.7 Å². The zero-order valence-electron chi connectivity index (χ0n) is 12.6. The summed E-state index contributed by atoms with van der Waals surface area (Å²) in [6, 6.07) is 5.50. The summed E-state index contributed by atoms with van der Waals surface area (Å²) in [4.78, 5) is 23.7. The Kier molecular flexibility index (Phi) is 6.88. The highest BCUT2D eigenvalue weighted by Gasteiger charge is 2.25. The standard InChI is InChI=1S/C16H24N2O3/c1-3-5-6-14(16(20)21)18-13(4-2)15(19)11-7-9-12(17)10-8-11/h7-10,13-14,18H,3-6,17H2,1-2H3,(H,20,21). The number of benzene rings is 1. The van der Waals surface area contributed by atoms with Crippen LogP contribution in [-0.4, -0.2) is 28.9 Å². The van der Waals surface area contributed by atoms with Gasteiger partial charge in [-0.05, 0) is 37.1 Å². The molecule has 0 heterocycles. The van der Waals surface area contributed by atoms with Gasteiger partial charge in [0.2, 0.25) is 0 Å². The van der Waals surface area contributed by atoms with Crippen molar-refractivity contribution >= 4 is 17.4 Å². The summed E-state index contributed by atoms with van der Waals surface area (Å²) < 4.78 is 0. The van der Waals surface area contributed by atoms with E-state index < -0.39 is 18.1 Å². The number of Topliss-reactive ketones (excluding diaryl/α,β-unsaturated/α-hetero) is 1. The van der Waals surface area contributed by atoms with Gasteiger partial charge in [0.1, 0.15) is 6.04 Å². The Morgan fingerprint density at radius 3 is 2.29 bits per heavy atom. The summed E-state index contributed by atoms with van der Waals surface area (Å²) in [5, 5.41) is 12.2. The molecule has 2 atom stereocenters. The van der Waals surface area contributed by atoms with Gasteiger partial charge in [0.15, 0.2) is 5.78 Å². The number of carboxylic acids is 1. The number of carbonyl (C=O) groups is 2. The lowest BCUT2D eigenvalue weighted by atomic mass is 10.00. The summed E-state index contributed by atoms with van der Waals surface area (Å²) in [6.07, 6.45) is 2.81. The number of carbonyl (C=O) groups excluding carboxylic acids is 1. The summed E-state index contributed by atoms with van der Waals surface area (Å²) in [7, 11) is 0. The molecule has 0 bridgehead atoms. The van der Waals surface area contributed by atoms with Crippen LogP contribution in [-0.2, 0) is 4.79 Å². The molecule has 5 nitrogen and oxygen atoms in total. The van der Waals surface area contributed by atoms with Crippen LogP contribution >= 0.6 is 0 Å². The van der Waals surface area contributed by atoms with Gasteiger partial charge in [-0.15, -0.1) is 0 Å².